The standard InChI is InChI=1S/C30H32N6O/c1-3-10-28(29-32-33-34-36(29)20-24-13-8-5-9-14-24)35(19-23-11-6-4-7-12-23)21-26-18-25-16-15-22(2)17-27(25)31-30(26)37/h4-9,11-18,28H,3,10,19-21H2,1-2H3,(H,31,37)/t28-/m0/s1. The van der Waals surface area contributed by atoms with Gasteiger partial charge in [-0.25, -0.2) is 4.68 Å². The average Bonchev–Trinajstić information content (AvgIpc) is 3.36. The number of hydrogen-bond donors (Lipinski definition) is 1. The Labute approximate surface area is 216 Å². The molecule has 2 heterocycles. The van der Waals surface area contributed by atoms with Gasteiger partial charge in [0.25, 0.3) is 5.56 Å². The molecule has 3 aromatic carbocycles. The molecule has 0 aliphatic carbocycles. The van der Waals surface area contributed by atoms with Crippen LogP contribution in [0.3, 0.4) is 0 Å². The summed E-state index contributed by atoms with van der Waals surface area (Å²) in [7, 11) is 0. The zero-order valence-electron chi connectivity index (χ0n) is 21.3. The number of H-pyrrole nitrogens is 1. The number of tetrazole rings is 1. The molecule has 0 saturated heterocycles. The van der Waals surface area contributed by atoms with Gasteiger partial charge in [-0.15, -0.1) is 5.10 Å². The van der Waals surface area contributed by atoms with Crippen molar-refractivity contribution in [2.24, 2.45) is 0 Å². The van der Waals surface area contributed by atoms with E-state index >= 15 is 0 Å². The van der Waals surface area contributed by atoms with E-state index in [1.54, 1.807) is 0 Å². The van der Waals surface area contributed by atoms with Crippen LogP contribution in [0, 0.1) is 6.92 Å². The van der Waals surface area contributed by atoms with Gasteiger partial charge < -0.3 is 4.98 Å². The van der Waals surface area contributed by atoms with Crippen LogP contribution in [0.5, 0.6) is 0 Å². The number of benzene rings is 3. The number of nitrogens with zero attached hydrogens (tertiary/aromatic N) is 5. The van der Waals surface area contributed by atoms with Gasteiger partial charge in [0.05, 0.1) is 12.6 Å². The Hall–Kier alpha value is -4.10. The molecule has 5 aromatic rings. The number of rotatable bonds is 10. The van der Waals surface area contributed by atoms with E-state index in [2.05, 4.69) is 68.7 Å². The third-order valence-corrected chi connectivity index (χ3v) is 6.72. The SMILES string of the molecule is CCC[C@@H](c1nnnn1Cc1ccccc1)N(Cc1ccccc1)Cc1cc2ccc(C)cc2[nH]c1=O. The summed E-state index contributed by atoms with van der Waals surface area (Å²) < 4.78 is 1.89. The minimum absolute atomic E-state index is 0.0583. The number of aromatic nitrogens is 5. The molecule has 7 heteroatoms. The lowest BCUT2D eigenvalue weighted by molar-refractivity contribution is 0.156. The molecule has 0 bridgehead atoms. The van der Waals surface area contributed by atoms with E-state index in [4.69, 9.17) is 0 Å². The average molecular weight is 493 g/mol. The first kappa shape index (κ1) is 24.6. The Morgan fingerprint density at radius 1 is 0.919 bits per heavy atom. The van der Waals surface area contributed by atoms with Crippen molar-refractivity contribution in [2.75, 3.05) is 0 Å². The van der Waals surface area contributed by atoms with Gasteiger partial charge in [0.15, 0.2) is 5.82 Å². The summed E-state index contributed by atoms with van der Waals surface area (Å²) in [6.07, 6.45) is 1.83. The second-order valence-corrected chi connectivity index (χ2v) is 9.59. The maximum atomic E-state index is 13.2. The molecule has 5 rings (SSSR count). The number of aromatic amines is 1. The maximum Gasteiger partial charge on any atom is 0.252 e. The third kappa shape index (κ3) is 5.84. The van der Waals surface area contributed by atoms with Crippen molar-refractivity contribution in [1.82, 2.24) is 30.1 Å². The summed E-state index contributed by atoms with van der Waals surface area (Å²) in [4.78, 5) is 18.6. The number of pyridine rings is 1. The summed E-state index contributed by atoms with van der Waals surface area (Å²) in [6, 6.07) is 28.7. The van der Waals surface area contributed by atoms with Crippen molar-refractivity contribution >= 4 is 10.9 Å². The van der Waals surface area contributed by atoms with Gasteiger partial charge in [-0.2, -0.15) is 0 Å². The van der Waals surface area contributed by atoms with Crippen LogP contribution in [0.25, 0.3) is 10.9 Å². The maximum absolute atomic E-state index is 13.2. The van der Waals surface area contributed by atoms with Gasteiger partial charge in [0, 0.05) is 24.2 Å². The topological polar surface area (TPSA) is 79.7 Å². The highest BCUT2D eigenvalue weighted by molar-refractivity contribution is 5.79. The number of nitrogens with one attached hydrogen (secondary N) is 1. The minimum Gasteiger partial charge on any atom is -0.322 e. The molecular weight excluding hydrogens is 460 g/mol. The largest absolute Gasteiger partial charge is 0.322 e. The van der Waals surface area contributed by atoms with Crippen molar-refractivity contribution in [2.45, 2.75) is 52.4 Å². The van der Waals surface area contributed by atoms with Crippen molar-refractivity contribution in [3.63, 3.8) is 0 Å². The Kier molecular flexibility index (Phi) is 7.51. The number of fused-ring (bicyclic) bond motifs is 1. The summed E-state index contributed by atoms with van der Waals surface area (Å²) in [5, 5.41) is 13.9. The van der Waals surface area contributed by atoms with Crippen LogP contribution < -0.4 is 5.56 Å². The van der Waals surface area contributed by atoms with Gasteiger partial charge in [-0.1, -0.05) is 86.1 Å². The molecule has 1 N–H and O–H groups in total. The molecule has 0 fully saturated rings. The van der Waals surface area contributed by atoms with E-state index in [1.807, 2.05) is 60.1 Å². The highest BCUT2D eigenvalue weighted by atomic mass is 16.1. The summed E-state index contributed by atoms with van der Waals surface area (Å²) in [5.74, 6) is 0.814. The fraction of sp³-hybridized carbons (Fsp3) is 0.267. The van der Waals surface area contributed by atoms with E-state index in [-0.39, 0.29) is 11.6 Å². The van der Waals surface area contributed by atoms with Crippen LogP contribution in [0.15, 0.2) is 89.7 Å². The van der Waals surface area contributed by atoms with Gasteiger partial charge in [0.1, 0.15) is 0 Å². The molecule has 0 unspecified atom stereocenters. The molecule has 0 amide bonds. The zero-order chi connectivity index (χ0) is 25.6. The van der Waals surface area contributed by atoms with Crippen LogP contribution in [0.2, 0.25) is 0 Å². The number of aryl methyl sites for hydroxylation is 1. The Balaban J connectivity index is 1.53. The molecule has 0 spiro atoms. The fourth-order valence-electron chi connectivity index (χ4n) is 4.86. The lowest BCUT2D eigenvalue weighted by Crippen LogP contribution is -2.32. The highest BCUT2D eigenvalue weighted by Crippen LogP contribution is 2.28. The summed E-state index contributed by atoms with van der Waals surface area (Å²) in [5.41, 5.74) is 4.97. The zero-order valence-corrected chi connectivity index (χ0v) is 21.3. The van der Waals surface area contributed by atoms with Crippen molar-refractivity contribution in [3.8, 4) is 0 Å². The van der Waals surface area contributed by atoms with Crippen molar-refractivity contribution < 1.29 is 0 Å². The van der Waals surface area contributed by atoms with Gasteiger partial charge in [-0.05, 0) is 58.0 Å². The van der Waals surface area contributed by atoms with E-state index in [0.717, 1.165) is 46.3 Å². The van der Waals surface area contributed by atoms with Crippen LogP contribution in [0.4, 0.5) is 0 Å². The van der Waals surface area contributed by atoms with Crippen molar-refractivity contribution in [3.05, 3.63) is 123 Å². The Morgan fingerprint density at radius 2 is 1.65 bits per heavy atom. The predicted octanol–water partition coefficient (Wildman–Crippen LogP) is 5.41. The summed E-state index contributed by atoms with van der Waals surface area (Å²) in [6.45, 7) is 5.96. The fourth-order valence-corrected chi connectivity index (χ4v) is 4.86. The van der Waals surface area contributed by atoms with Crippen LogP contribution >= 0.6 is 0 Å². The highest BCUT2D eigenvalue weighted by Gasteiger charge is 2.27. The van der Waals surface area contributed by atoms with Gasteiger partial charge in [0.2, 0.25) is 0 Å². The monoisotopic (exact) mass is 492 g/mol. The van der Waals surface area contributed by atoms with Gasteiger partial charge >= 0.3 is 0 Å². The second-order valence-electron chi connectivity index (χ2n) is 9.59. The lowest BCUT2D eigenvalue weighted by atomic mass is 10.0. The molecule has 2 aromatic heterocycles. The van der Waals surface area contributed by atoms with E-state index in [9.17, 15) is 4.79 Å². The van der Waals surface area contributed by atoms with Crippen LogP contribution in [-0.2, 0) is 19.6 Å². The molecule has 1 atom stereocenters. The van der Waals surface area contributed by atoms with Crippen LogP contribution in [0.1, 0.15) is 53.9 Å². The molecular formula is C30H32N6O. The van der Waals surface area contributed by atoms with Crippen LogP contribution in [-0.4, -0.2) is 30.1 Å². The lowest BCUT2D eigenvalue weighted by Gasteiger charge is -2.31. The van der Waals surface area contributed by atoms with E-state index in [1.165, 1.54) is 5.56 Å². The molecule has 0 saturated carbocycles. The molecule has 0 radical (unpaired) electrons. The smallest absolute Gasteiger partial charge is 0.252 e. The molecule has 7 nitrogen and oxygen atoms in total. The Bertz CT molecular complexity index is 1510. The third-order valence-electron chi connectivity index (χ3n) is 6.72. The first-order valence-electron chi connectivity index (χ1n) is 12.8. The van der Waals surface area contributed by atoms with E-state index in [0.29, 0.717) is 19.6 Å². The molecule has 0 aliphatic rings. The quantitative estimate of drug-likeness (QED) is 0.282. The first-order valence-corrected chi connectivity index (χ1v) is 12.8. The second kappa shape index (κ2) is 11.3. The first-order chi connectivity index (χ1) is 18.1. The Morgan fingerprint density at radius 3 is 2.38 bits per heavy atom. The predicted molar refractivity (Wildman–Crippen MR) is 146 cm³/mol. The molecule has 0 aliphatic heterocycles. The van der Waals surface area contributed by atoms with Crippen molar-refractivity contribution in [1.29, 1.82) is 0 Å². The summed E-state index contributed by atoms with van der Waals surface area (Å²) >= 11 is 0. The van der Waals surface area contributed by atoms with Gasteiger partial charge in [-0.3, -0.25) is 9.69 Å². The normalized spacial score (nSPS) is 12.3. The molecule has 37 heavy (non-hydrogen) atoms. The molecule has 188 valence electrons. The minimum atomic E-state index is -0.0599. The number of hydrogen-bond acceptors (Lipinski definition) is 5. The van der Waals surface area contributed by atoms with E-state index < -0.39 is 0 Å².